The van der Waals surface area contributed by atoms with Crippen LogP contribution in [0.3, 0.4) is 0 Å². The van der Waals surface area contributed by atoms with Crippen LogP contribution in [0.1, 0.15) is 36.0 Å². The Morgan fingerprint density at radius 2 is 2.29 bits per heavy atom. The first-order chi connectivity index (χ1) is 10.1. The molecule has 0 saturated carbocycles. The normalized spacial score (nSPS) is 18.2. The summed E-state index contributed by atoms with van der Waals surface area (Å²) in [5.41, 5.74) is -0.218. The summed E-state index contributed by atoms with van der Waals surface area (Å²) in [7, 11) is 0. The molecule has 1 atom stereocenters. The van der Waals surface area contributed by atoms with Gasteiger partial charge in [-0.3, -0.25) is 14.9 Å². The number of phenols is 1. The summed E-state index contributed by atoms with van der Waals surface area (Å²) in [5.74, 6) is -0.876. The summed E-state index contributed by atoms with van der Waals surface area (Å²) in [6.45, 7) is 1.25. The van der Waals surface area contributed by atoms with Crippen LogP contribution in [0.25, 0.3) is 0 Å². The lowest BCUT2D eigenvalue weighted by atomic mass is 10.1. The van der Waals surface area contributed by atoms with Crippen LogP contribution in [0.2, 0.25) is 0 Å². The molecule has 0 spiro atoms. The number of ether oxygens (including phenoxy) is 1. The minimum atomic E-state index is -0.697. The van der Waals surface area contributed by atoms with Crippen molar-refractivity contribution in [2.75, 3.05) is 13.2 Å². The van der Waals surface area contributed by atoms with Crippen molar-refractivity contribution in [2.45, 2.75) is 31.8 Å². The largest absolute Gasteiger partial charge is 0.502 e. The maximum Gasteiger partial charge on any atom is 0.310 e. The lowest BCUT2D eigenvalue weighted by Crippen LogP contribution is -2.29. The Balaban J connectivity index is 1.85. The third kappa shape index (κ3) is 4.16. The predicted octanol–water partition coefficient (Wildman–Crippen LogP) is 1.99. The smallest absolute Gasteiger partial charge is 0.310 e. The van der Waals surface area contributed by atoms with E-state index in [4.69, 9.17) is 4.74 Å². The van der Waals surface area contributed by atoms with E-state index >= 15 is 0 Å². The number of carbonyl (C=O) groups is 1. The van der Waals surface area contributed by atoms with E-state index in [9.17, 15) is 20.0 Å². The molecule has 1 saturated heterocycles. The number of nitrogens with one attached hydrogen (secondary N) is 1. The number of benzene rings is 1. The fourth-order valence-corrected chi connectivity index (χ4v) is 2.30. The fraction of sp³-hybridized carbons (Fsp3) is 0.500. The van der Waals surface area contributed by atoms with Crippen LogP contribution in [0.5, 0.6) is 5.75 Å². The first-order valence-corrected chi connectivity index (χ1v) is 6.95. The third-order valence-electron chi connectivity index (χ3n) is 3.46. The van der Waals surface area contributed by atoms with Gasteiger partial charge >= 0.3 is 5.69 Å². The molecule has 1 aromatic carbocycles. The zero-order valence-electron chi connectivity index (χ0n) is 11.6. The van der Waals surface area contributed by atoms with Gasteiger partial charge in [0, 0.05) is 24.8 Å². The SMILES string of the molecule is O=C(NCCC1CCCCO1)c1ccc([N+](=O)[O-])c(O)c1. The molecular weight excluding hydrogens is 276 g/mol. The van der Waals surface area contributed by atoms with E-state index < -0.39 is 16.4 Å². The van der Waals surface area contributed by atoms with Gasteiger partial charge in [0.25, 0.3) is 5.91 Å². The number of nitro benzene ring substituents is 1. The van der Waals surface area contributed by atoms with Gasteiger partial charge < -0.3 is 15.2 Å². The van der Waals surface area contributed by atoms with Crippen molar-refractivity contribution >= 4 is 11.6 Å². The summed E-state index contributed by atoms with van der Waals surface area (Å²) in [6.07, 6.45) is 4.17. The summed E-state index contributed by atoms with van der Waals surface area (Å²) in [6, 6.07) is 3.55. The number of amides is 1. The third-order valence-corrected chi connectivity index (χ3v) is 3.46. The second-order valence-corrected chi connectivity index (χ2v) is 4.99. The maximum absolute atomic E-state index is 11.9. The average Bonchev–Trinajstić information content (AvgIpc) is 2.47. The molecule has 1 aliphatic heterocycles. The number of hydrogen-bond acceptors (Lipinski definition) is 5. The highest BCUT2D eigenvalue weighted by atomic mass is 16.6. The Morgan fingerprint density at radius 3 is 2.90 bits per heavy atom. The molecule has 1 fully saturated rings. The second-order valence-electron chi connectivity index (χ2n) is 4.99. The van der Waals surface area contributed by atoms with E-state index in [-0.39, 0.29) is 17.6 Å². The van der Waals surface area contributed by atoms with Crippen molar-refractivity contribution in [2.24, 2.45) is 0 Å². The van der Waals surface area contributed by atoms with Crippen LogP contribution in [0.15, 0.2) is 18.2 Å². The number of carbonyl (C=O) groups excluding carboxylic acids is 1. The molecule has 7 nitrogen and oxygen atoms in total. The molecule has 0 aromatic heterocycles. The number of nitro groups is 1. The molecule has 2 N–H and O–H groups in total. The molecule has 114 valence electrons. The molecule has 1 aliphatic rings. The maximum atomic E-state index is 11.9. The quantitative estimate of drug-likeness (QED) is 0.638. The van der Waals surface area contributed by atoms with E-state index in [1.54, 1.807) is 0 Å². The van der Waals surface area contributed by atoms with Gasteiger partial charge in [0.05, 0.1) is 11.0 Å². The second kappa shape index (κ2) is 7.03. The van der Waals surface area contributed by atoms with Gasteiger partial charge in [0.2, 0.25) is 0 Å². The van der Waals surface area contributed by atoms with Crippen LogP contribution in [0, 0.1) is 10.1 Å². The Labute approximate surface area is 122 Å². The Morgan fingerprint density at radius 1 is 1.48 bits per heavy atom. The van der Waals surface area contributed by atoms with E-state index in [2.05, 4.69) is 5.32 Å². The molecule has 2 rings (SSSR count). The summed E-state index contributed by atoms with van der Waals surface area (Å²) >= 11 is 0. The fourth-order valence-electron chi connectivity index (χ4n) is 2.30. The molecule has 1 amide bonds. The first-order valence-electron chi connectivity index (χ1n) is 6.95. The van der Waals surface area contributed by atoms with Crippen LogP contribution in [-0.2, 0) is 4.74 Å². The Kier molecular flexibility index (Phi) is 5.10. The van der Waals surface area contributed by atoms with E-state index in [1.807, 2.05) is 0 Å². The standard InChI is InChI=1S/C14H18N2O5/c17-13-9-10(4-5-12(13)16(19)20)14(18)15-7-6-11-3-1-2-8-21-11/h4-5,9,11,17H,1-3,6-8H2,(H,15,18). The molecule has 0 radical (unpaired) electrons. The Bertz CT molecular complexity index is 526. The summed E-state index contributed by atoms with van der Waals surface area (Å²) in [4.78, 5) is 21.8. The molecule has 7 heteroatoms. The van der Waals surface area contributed by atoms with Crippen molar-refractivity contribution in [3.63, 3.8) is 0 Å². The van der Waals surface area contributed by atoms with Crippen molar-refractivity contribution in [1.82, 2.24) is 5.32 Å². The van der Waals surface area contributed by atoms with Gasteiger partial charge in [0.1, 0.15) is 0 Å². The zero-order chi connectivity index (χ0) is 15.2. The number of nitrogens with zero attached hydrogens (tertiary/aromatic N) is 1. The van der Waals surface area contributed by atoms with Gasteiger partial charge in [-0.2, -0.15) is 0 Å². The van der Waals surface area contributed by atoms with Crippen molar-refractivity contribution in [3.05, 3.63) is 33.9 Å². The van der Waals surface area contributed by atoms with Gasteiger partial charge in [-0.25, -0.2) is 0 Å². The molecule has 21 heavy (non-hydrogen) atoms. The number of hydrogen-bond donors (Lipinski definition) is 2. The highest BCUT2D eigenvalue weighted by Gasteiger charge is 2.17. The van der Waals surface area contributed by atoms with E-state index in [0.717, 1.165) is 44.4 Å². The highest BCUT2D eigenvalue weighted by molar-refractivity contribution is 5.95. The lowest BCUT2D eigenvalue weighted by Gasteiger charge is -2.22. The molecule has 0 bridgehead atoms. The number of phenolic OH excluding ortho intramolecular Hbond substituents is 1. The number of rotatable bonds is 5. The summed E-state index contributed by atoms with van der Waals surface area (Å²) < 4.78 is 5.56. The van der Waals surface area contributed by atoms with E-state index in [0.29, 0.717) is 6.54 Å². The molecular formula is C14H18N2O5. The predicted molar refractivity (Wildman–Crippen MR) is 75.3 cm³/mol. The van der Waals surface area contributed by atoms with Gasteiger partial charge in [-0.05, 0) is 37.8 Å². The number of aromatic hydroxyl groups is 1. The topological polar surface area (TPSA) is 102 Å². The summed E-state index contributed by atoms with van der Waals surface area (Å²) in [5, 5.41) is 22.8. The average molecular weight is 294 g/mol. The zero-order valence-corrected chi connectivity index (χ0v) is 11.6. The van der Waals surface area contributed by atoms with Gasteiger partial charge in [0.15, 0.2) is 5.75 Å². The minimum absolute atomic E-state index is 0.185. The minimum Gasteiger partial charge on any atom is -0.502 e. The Hall–Kier alpha value is -2.15. The van der Waals surface area contributed by atoms with Crippen LogP contribution in [-0.4, -0.2) is 35.2 Å². The van der Waals surface area contributed by atoms with Crippen LogP contribution in [0.4, 0.5) is 5.69 Å². The molecule has 1 aromatic rings. The van der Waals surface area contributed by atoms with Crippen molar-refractivity contribution < 1.29 is 19.6 Å². The van der Waals surface area contributed by atoms with Crippen molar-refractivity contribution in [1.29, 1.82) is 0 Å². The first kappa shape index (κ1) is 15.2. The van der Waals surface area contributed by atoms with Crippen LogP contribution >= 0.6 is 0 Å². The van der Waals surface area contributed by atoms with Crippen LogP contribution < -0.4 is 5.32 Å². The monoisotopic (exact) mass is 294 g/mol. The molecule has 1 heterocycles. The molecule has 1 unspecified atom stereocenters. The van der Waals surface area contributed by atoms with Crippen molar-refractivity contribution in [3.8, 4) is 5.75 Å². The highest BCUT2D eigenvalue weighted by Crippen LogP contribution is 2.26. The van der Waals surface area contributed by atoms with Gasteiger partial charge in [-0.1, -0.05) is 0 Å². The van der Waals surface area contributed by atoms with Gasteiger partial charge in [-0.15, -0.1) is 0 Å². The lowest BCUT2D eigenvalue weighted by molar-refractivity contribution is -0.385. The van der Waals surface area contributed by atoms with E-state index in [1.165, 1.54) is 6.07 Å². The molecule has 0 aliphatic carbocycles.